The molecule has 1 aromatic rings. The van der Waals surface area contributed by atoms with E-state index in [9.17, 15) is 35.3 Å². The number of nitro benzene ring substituents is 1. The van der Waals surface area contributed by atoms with Crippen LogP contribution in [0.1, 0.15) is 38.5 Å². The van der Waals surface area contributed by atoms with Crippen molar-refractivity contribution < 1.29 is 34.6 Å². The van der Waals surface area contributed by atoms with Crippen molar-refractivity contribution in [2.45, 2.75) is 38.5 Å². The third kappa shape index (κ3) is 7.89. The number of non-ortho nitro benzene ring substituents is 1. The van der Waals surface area contributed by atoms with E-state index in [2.05, 4.69) is 14.0 Å². The minimum absolute atomic E-state index is 0.116. The van der Waals surface area contributed by atoms with Crippen molar-refractivity contribution in [3.05, 3.63) is 34.4 Å². The molecule has 3 aliphatic heterocycles. The first-order valence-electron chi connectivity index (χ1n) is 10.8. The van der Waals surface area contributed by atoms with Gasteiger partial charge in [0.05, 0.1) is 4.92 Å². The standard InChI is InChI=1S/C18H28N4O3P.F6P/c23-22(24)17-7-9-18(10-8-17)25-26(19-11-1-2-12-19,20-13-3-4-14-20)21-15-5-6-16-21;1-7(2,3,4,5)6/h7-10H,1-6,11-16H2;/q+1;-1. The number of benzene rings is 1. The van der Waals surface area contributed by atoms with E-state index in [-0.39, 0.29) is 10.6 Å². The van der Waals surface area contributed by atoms with Crippen LogP contribution in [0.4, 0.5) is 30.9 Å². The van der Waals surface area contributed by atoms with E-state index in [1.165, 1.54) is 38.5 Å². The van der Waals surface area contributed by atoms with Crippen LogP contribution < -0.4 is 4.52 Å². The summed E-state index contributed by atoms with van der Waals surface area (Å²) in [6, 6.07) is 6.66. The van der Waals surface area contributed by atoms with Gasteiger partial charge in [0.2, 0.25) is 0 Å². The zero-order valence-corrected chi connectivity index (χ0v) is 19.8. The van der Waals surface area contributed by atoms with Gasteiger partial charge >= 0.3 is 40.9 Å². The predicted molar refractivity (Wildman–Crippen MR) is 117 cm³/mol. The van der Waals surface area contributed by atoms with Gasteiger partial charge in [0.1, 0.15) is 0 Å². The van der Waals surface area contributed by atoms with Gasteiger partial charge in [-0.1, -0.05) is 0 Å². The first kappa shape index (κ1) is 26.3. The Balaban J connectivity index is 0.000000383. The van der Waals surface area contributed by atoms with Crippen LogP contribution in [0.2, 0.25) is 0 Å². The van der Waals surface area contributed by atoms with Crippen molar-refractivity contribution in [3.63, 3.8) is 0 Å². The third-order valence-corrected chi connectivity index (χ3v) is 9.49. The fourth-order valence-electron chi connectivity index (χ4n) is 4.36. The summed E-state index contributed by atoms with van der Waals surface area (Å²) in [4.78, 5) is 10.6. The van der Waals surface area contributed by atoms with Crippen LogP contribution in [0.5, 0.6) is 5.75 Å². The zero-order valence-electron chi connectivity index (χ0n) is 18.0. The molecule has 15 heteroatoms. The zero-order chi connectivity index (χ0) is 24.4. The number of halogens is 6. The SMILES string of the molecule is F[P-](F)(F)(F)(F)F.O=[N+]([O-])c1ccc(O[P+](N2CCCC2)(N2CCCC2)N2CCCC2)cc1. The second-order valence-corrected chi connectivity index (χ2v) is 13.1. The summed E-state index contributed by atoms with van der Waals surface area (Å²) in [7, 11) is -12.7. The van der Waals surface area contributed by atoms with Crippen LogP contribution in [-0.2, 0) is 0 Å². The largest absolute Gasteiger partial charge is 0.417 e. The summed E-state index contributed by atoms with van der Waals surface area (Å²) in [5.41, 5.74) is 0.116. The number of hydrogen-bond donors (Lipinski definition) is 0. The van der Waals surface area contributed by atoms with Crippen LogP contribution in [0.3, 0.4) is 0 Å². The van der Waals surface area contributed by atoms with E-state index in [1.807, 2.05) is 0 Å². The normalized spacial score (nSPS) is 23.0. The van der Waals surface area contributed by atoms with E-state index in [0.29, 0.717) is 0 Å². The van der Waals surface area contributed by atoms with E-state index in [4.69, 9.17) is 4.52 Å². The Bertz CT molecular complexity index is 774. The summed E-state index contributed by atoms with van der Waals surface area (Å²) in [5, 5.41) is 11.0. The van der Waals surface area contributed by atoms with Gasteiger partial charge in [-0.2, -0.15) is 0 Å². The van der Waals surface area contributed by atoms with Gasteiger partial charge in [-0.25, -0.2) is 0 Å². The van der Waals surface area contributed by atoms with Crippen molar-refractivity contribution in [1.29, 1.82) is 0 Å². The maximum Gasteiger partial charge on any atom is 0.417 e. The molecule has 3 heterocycles. The van der Waals surface area contributed by atoms with Crippen molar-refractivity contribution in [1.82, 2.24) is 14.0 Å². The molecule has 190 valence electrons. The second kappa shape index (κ2) is 9.07. The Morgan fingerprint density at radius 3 is 1.30 bits per heavy atom. The molecule has 4 rings (SSSR count). The Kier molecular flexibility index (Phi) is 7.24. The topological polar surface area (TPSA) is 62.1 Å². The molecular formula is C18H28F6N4O3P2. The molecule has 0 spiro atoms. The smallest absolute Gasteiger partial charge is 0.292 e. The van der Waals surface area contributed by atoms with Gasteiger partial charge in [0.15, 0.2) is 5.75 Å². The molecule has 0 unspecified atom stereocenters. The van der Waals surface area contributed by atoms with Gasteiger partial charge in [0, 0.05) is 51.4 Å². The Morgan fingerprint density at radius 2 is 1.03 bits per heavy atom. The van der Waals surface area contributed by atoms with E-state index in [1.54, 1.807) is 24.3 Å². The quantitative estimate of drug-likeness (QED) is 0.168. The van der Waals surface area contributed by atoms with E-state index in [0.717, 1.165) is 45.0 Å². The van der Waals surface area contributed by atoms with Gasteiger partial charge in [-0.15, -0.1) is 14.0 Å². The molecule has 0 N–H and O–H groups in total. The van der Waals surface area contributed by atoms with Crippen LogP contribution in [0.15, 0.2) is 24.3 Å². The monoisotopic (exact) mass is 524 g/mol. The van der Waals surface area contributed by atoms with Crippen molar-refractivity contribution in [2.75, 3.05) is 39.3 Å². The molecule has 0 saturated carbocycles. The third-order valence-electron chi connectivity index (χ3n) is 5.63. The minimum Gasteiger partial charge on any atom is -0.292 e. The summed E-state index contributed by atoms with van der Waals surface area (Å²) in [6.07, 6.45) is 7.38. The molecule has 3 aliphatic rings. The van der Waals surface area contributed by atoms with Crippen molar-refractivity contribution >= 4 is 21.4 Å². The van der Waals surface area contributed by atoms with E-state index >= 15 is 0 Å². The number of nitro groups is 1. The molecule has 1 aromatic carbocycles. The molecule has 0 aromatic heterocycles. The summed E-state index contributed by atoms with van der Waals surface area (Å²) in [5.74, 6) is 0.759. The molecule has 3 saturated heterocycles. The first-order valence-corrected chi connectivity index (χ1v) is 14.4. The predicted octanol–water partition coefficient (Wildman–Crippen LogP) is 7.32. The number of rotatable bonds is 6. The molecular weight excluding hydrogens is 496 g/mol. The molecule has 0 bridgehead atoms. The Hall–Kier alpha value is -1.26. The van der Waals surface area contributed by atoms with Gasteiger partial charge in [0.25, 0.3) is 5.69 Å². The number of nitrogens with zero attached hydrogens (tertiary/aromatic N) is 4. The van der Waals surface area contributed by atoms with Gasteiger partial charge in [-0.3, -0.25) is 14.6 Å². The molecule has 3 fully saturated rings. The molecule has 0 amide bonds. The average Bonchev–Trinajstić information content (AvgIpc) is 3.48. The maximum atomic E-state index is 11.0. The summed E-state index contributed by atoms with van der Waals surface area (Å²) < 4.78 is 73.9. The van der Waals surface area contributed by atoms with Crippen molar-refractivity contribution in [2.24, 2.45) is 0 Å². The fraction of sp³-hybridized carbons (Fsp3) is 0.667. The van der Waals surface area contributed by atoms with Gasteiger partial charge in [-0.05, 0) is 50.7 Å². The molecule has 0 atom stereocenters. The van der Waals surface area contributed by atoms with Crippen LogP contribution in [-0.4, -0.2) is 58.2 Å². The molecule has 0 aliphatic carbocycles. The first-order chi connectivity index (χ1) is 15.1. The van der Waals surface area contributed by atoms with Crippen LogP contribution in [0.25, 0.3) is 0 Å². The van der Waals surface area contributed by atoms with E-state index < -0.39 is 15.8 Å². The molecule has 0 radical (unpaired) electrons. The molecule has 7 nitrogen and oxygen atoms in total. The fourth-order valence-corrected chi connectivity index (χ4v) is 8.60. The average molecular weight is 524 g/mol. The molecule has 33 heavy (non-hydrogen) atoms. The minimum atomic E-state index is -10.7. The second-order valence-electron chi connectivity index (χ2n) is 8.30. The van der Waals surface area contributed by atoms with Crippen LogP contribution in [0, 0.1) is 10.1 Å². The summed E-state index contributed by atoms with van der Waals surface area (Å²) >= 11 is 0. The Labute approximate surface area is 188 Å². The summed E-state index contributed by atoms with van der Waals surface area (Å²) in [6.45, 7) is 6.55. The number of hydrogen-bond acceptors (Lipinski definition) is 6. The maximum absolute atomic E-state index is 11.0. The van der Waals surface area contributed by atoms with Crippen molar-refractivity contribution in [3.8, 4) is 5.75 Å². The van der Waals surface area contributed by atoms with Crippen LogP contribution >= 0.6 is 15.8 Å². The Morgan fingerprint density at radius 1 is 0.727 bits per heavy atom. The van der Waals surface area contributed by atoms with Gasteiger partial charge < -0.3 is 0 Å².